The molecule has 100 valence electrons. The van der Waals surface area contributed by atoms with Crippen LogP contribution in [0.4, 0.5) is 0 Å². The van der Waals surface area contributed by atoms with Crippen molar-refractivity contribution in [1.82, 2.24) is 5.32 Å². The van der Waals surface area contributed by atoms with Crippen molar-refractivity contribution in [3.8, 4) is 0 Å². The van der Waals surface area contributed by atoms with E-state index in [1.165, 1.54) is 36.0 Å². The van der Waals surface area contributed by atoms with Crippen molar-refractivity contribution in [2.45, 2.75) is 38.1 Å². The zero-order valence-electron chi connectivity index (χ0n) is 11.4. The second-order valence-electron chi connectivity index (χ2n) is 5.34. The van der Waals surface area contributed by atoms with Gasteiger partial charge in [0.2, 0.25) is 0 Å². The normalized spacial score (nSPS) is 17.1. The van der Waals surface area contributed by atoms with Crippen molar-refractivity contribution < 1.29 is 4.42 Å². The van der Waals surface area contributed by atoms with Gasteiger partial charge in [-0.3, -0.25) is 0 Å². The lowest BCUT2D eigenvalue weighted by molar-refractivity contribution is 0.419. The zero-order chi connectivity index (χ0) is 13.1. The first-order valence-electron chi connectivity index (χ1n) is 7.24. The Morgan fingerprint density at radius 2 is 1.95 bits per heavy atom. The standard InChI is InChI=1S/C17H21NO/c1-2-18-17(16-10-11-19-12-16)15-8-6-14(7-9-15)13-4-3-5-13/h6-13,17-18H,2-5H2,1H3. The van der Waals surface area contributed by atoms with Crippen molar-refractivity contribution >= 4 is 0 Å². The number of hydrogen-bond donors (Lipinski definition) is 1. The maximum Gasteiger partial charge on any atom is 0.0953 e. The average Bonchev–Trinajstić information content (AvgIpc) is 2.89. The summed E-state index contributed by atoms with van der Waals surface area (Å²) in [5, 5.41) is 3.52. The van der Waals surface area contributed by atoms with Gasteiger partial charge in [0.15, 0.2) is 0 Å². The quantitative estimate of drug-likeness (QED) is 0.864. The smallest absolute Gasteiger partial charge is 0.0953 e. The molecule has 0 aliphatic heterocycles. The third kappa shape index (κ3) is 2.59. The van der Waals surface area contributed by atoms with Gasteiger partial charge in [-0.25, -0.2) is 0 Å². The first-order chi connectivity index (χ1) is 9.38. The Hall–Kier alpha value is -1.54. The molecular weight excluding hydrogens is 234 g/mol. The summed E-state index contributed by atoms with van der Waals surface area (Å²) < 4.78 is 5.21. The summed E-state index contributed by atoms with van der Waals surface area (Å²) in [6, 6.07) is 11.4. The molecule has 1 aliphatic rings. The zero-order valence-corrected chi connectivity index (χ0v) is 11.4. The summed E-state index contributed by atoms with van der Waals surface area (Å²) >= 11 is 0. The highest BCUT2D eigenvalue weighted by molar-refractivity contribution is 5.33. The van der Waals surface area contributed by atoms with Crippen LogP contribution < -0.4 is 5.32 Å². The molecule has 2 nitrogen and oxygen atoms in total. The van der Waals surface area contributed by atoms with E-state index < -0.39 is 0 Å². The Morgan fingerprint density at radius 3 is 2.47 bits per heavy atom. The van der Waals surface area contributed by atoms with Gasteiger partial charge < -0.3 is 9.73 Å². The monoisotopic (exact) mass is 255 g/mol. The fourth-order valence-electron chi connectivity index (χ4n) is 2.77. The molecule has 1 atom stereocenters. The van der Waals surface area contributed by atoms with Gasteiger partial charge in [0, 0.05) is 5.56 Å². The van der Waals surface area contributed by atoms with Crippen LogP contribution in [0, 0.1) is 0 Å². The molecule has 1 heterocycles. The SMILES string of the molecule is CCNC(c1ccc(C2CCC2)cc1)c1ccoc1. The van der Waals surface area contributed by atoms with Gasteiger partial charge in [-0.05, 0) is 42.5 Å². The molecule has 19 heavy (non-hydrogen) atoms. The van der Waals surface area contributed by atoms with Crippen molar-refractivity contribution in [1.29, 1.82) is 0 Å². The lowest BCUT2D eigenvalue weighted by atomic mass is 9.79. The molecule has 3 rings (SSSR count). The Kier molecular flexibility index (Phi) is 3.69. The van der Waals surface area contributed by atoms with Gasteiger partial charge in [0.05, 0.1) is 18.6 Å². The third-order valence-corrected chi connectivity index (χ3v) is 4.13. The summed E-state index contributed by atoms with van der Waals surface area (Å²) in [6.45, 7) is 3.08. The predicted molar refractivity (Wildman–Crippen MR) is 77.3 cm³/mol. The predicted octanol–water partition coefficient (Wildman–Crippen LogP) is 4.25. The topological polar surface area (TPSA) is 25.2 Å². The molecule has 0 radical (unpaired) electrons. The van der Waals surface area contributed by atoms with Crippen molar-refractivity contribution in [2.75, 3.05) is 6.54 Å². The van der Waals surface area contributed by atoms with Crippen molar-refractivity contribution in [2.24, 2.45) is 0 Å². The Bertz CT molecular complexity index is 497. The maximum absolute atomic E-state index is 5.21. The summed E-state index contributed by atoms with van der Waals surface area (Å²) in [5.74, 6) is 0.806. The van der Waals surface area contributed by atoms with Gasteiger partial charge in [0.1, 0.15) is 0 Å². The molecule has 0 saturated heterocycles. The Labute approximate surface area is 114 Å². The van der Waals surface area contributed by atoms with Gasteiger partial charge in [-0.1, -0.05) is 37.6 Å². The molecule has 0 amide bonds. The highest BCUT2D eigenvalue weighted by atomic mass is 16.3. The summed E-state index contributed by atoms with van der Waals surface area (Å²) in [4.78, 5) is 0. The van der Waals surface area contributed by atoms with Crippen LogP contribution in [0.25, 0.3) is 0 Å². The van der Waals surface area contributed by atoms with Crippen LogP contribution in [-0.2, 0) is 0 Å². The van der Waals surface area contributed by atoms with E-state index in [0.717, 1.165) is 12.5 Å². The maximum atomic E-state index is 5.21. The number of nitrogens with one attached hydrogen (secondary N) is 1. The van der Waals surface area contributed by atoms with Crippen LogP contribution >= 0.6 is 0 Å². The number of benzene rings is 1. The van der Waals surface area contributed by atoms with E-state index in [1.54, 1.807) is 6.26 Å². The molecule has 1 unspecified atom stereocenters. The summed E-state index contributed by atoms with van der Waals surface area (Å²) in [6.07, 6.45) is 7.67. The highest BCUT2D eigenvalue weighted by Crippen LogP contribution is 2.36. The van der Waals surface area contributed by atoms with Crippen LogP contribution in [0.5, 0.6) is 0 Å². The van der Waals surface area contributed by atoms with E-state index in [0.29, 0.717) is 0 Å². The van der Waals surface area contributed by atoms with E-state index in [9.17, 15) is 0 Å². The van der Waals surface area contributed by atoms with E-state index in [1.807, 2.05) is 12.3 Å². The molecule has 1 aromatic heterocycles. The van der Waals surface area contributed by atoms with E-state index in [4.69, 9.17) is 4.42 Å². The van der Waals surface area contributed by atoms with Crippen molar-refractivity contribution in [3.63, 3.8) is 0 Å². The van der Waals surface area contributed by atoms with E-state index in [2.05, 4.69) is 36.5 Å². The average molecular weight is 255 g/mol. The Balaban J connectivity index is 1.81. The van der Waals surface area contributed by atoms with Gasteiger partial charge in [-0.15, -0.1) is 0 Å². The lowest BCUT2D eigenvalue weighted by Gasteiger charge is -2.26. The van der Waals surface area contributed by atoms with Crippen LogP contribution in [0.1, 0.15) is 54.8 Å². The summed E-state index contributed by atoms with van der Waals surface area (Å²) in [5.41, 5.74) is 4.00. The van der Waals surface area contributed by atoms with Crippen LogP contribution in [0.15, 0.2) is 47.3 Å². The first kappa shape index (κ1) is 12.5. The molecular formula is C17H21NO. The molecule has 1 aliphatic carbocycles. The summed E-state index contributed by atoms with van der Waals surface area (Å²) in [7, 11) is 0. The highest BCUT2D eigenvalue weighted by Gasteiger charge is 2.20. The molecule has 1 N–H and O–H groups in total. The van der Waals surface area contributed by atoms with Crippen LogP contribution in [-0.4, -0.2) is 6.54 Å². The van der Waals surface area contributed by atoms with Crippen LogP contribution in [0.2, 0.25) is 0 Å². The van der Waals surface area contributed by atoms with E-state index in [-0.39, 0.29) is 6.04 Å². The number of hydrogen-bond acceptors (Lipinski definition) is 2. The van der Waals surface area contributed by atoms with Gasteiger partial charge in [-0.2, -0.15) is 0 Å². The molecule has 2 heteroatoms. The third-order valence-electron chi connectivity index (χ3n) is 4.13. The molecule has 0 bridgehead atoms. The van der Waals surface area contributed by atoms with Gasteiger partial charge >= 0.3 is 0 Å². The number of rotatable bonds is 5. The largest absolute Gasteiger partial charge is 0.472 e. The van der Waals surface area contributed by atoms with Gasteiger partial charge in [0.25, 0.3) is 0 Å². The van der Waals surface area contributed by atoms with E-state index >= 15 is 0 Å². The minimum absolute atomic E-state index is 0.235. The molecule has 1 fully saturated rings. The molecule has 0 spiro atoms. The first-order valence-corrected chi connectivity index (χ1v) is 7.24. The number of furan rings is 1. The minimum Gasteiger partial charge on any atom is -0.472 e. The minimum atomic E-state index is 0.235. The lowest BCUT2D eigenvalue weighted by Crippen LogP contribution is -2.21. The second-order valence-corrected chi connectivity index (χ2v) is 5.34. The second kappa shape index (κ2) is 5.62. The Morgan fingerprint density at radius 1 is 1.16 bits per heavy atom. The van der Waals surface area contributed by atoms with Crippen LogP contribution in [0.3, 0.4) is 0 Å². The fraction of sp³-hybridized carbons (Fsp3) is 0.412. The molecule has 1 aromatic carbocycles. The van der Waals surface area contributed by atoms with Crippen molar-refractivity contribution in [3.05, 3.63) is 59.5 Å². The fourth-order valence-corrected chi connectivity index (χ4v) is 2.77. The molecule has 2 aromatic rings. The molecule has 1 saturated carbocycles.